The molecule has 1 aliphatic heterocycles. The molecule has 35 heavy (non-hydrogen) atoms. The van der Waals surface area contributed by atoms with Gasteiger partial charge in [-0.05, 0) is 12.8 Å². The minimum atomic E-state index is -1.52. The van der Waals surface area contributed by atoms with Crippen molar-refractivity contribution in [2.24, 2.45) is 0 Å². The summed E-state index contributed by atoms with van der Waals surface area (Å²) in [6, 6.07) is 0. The zero-order valence-corrected chi connectivity index (χ0v) is 21.8. The molecule has 1 heterocycles. The first-order valence-corrected chi connectivity index (χ1v) is 13.6. The SMILES string of the molecule is CCCCCCCCCOCC(COC1OC(CO)C(O)C(O)C1O)OC(=O)CCCCCCC. The zero-order chi connectivity index (χ0) is 25.9. The molecular weight excluding hydrogens is 456 g/mol. The molecule has 0 amide bonds. The highest BCUT2D eigenvalue weighted by molar-refractivity contribution is 5.69. The number of unbranched alkanes of at least 4 members (excludes halogenated alkanes) is 10. The molecule has 6 atom stereocenters. The van der Waals surface area contributed by atoms with E-state index in [1.807, 2.05) is 0 Å². The van der Waals surface area contributed by atoms with E-state index in [4.69, 9.17) is 18.9 Å². The van der Waals surface area contributed by atoms with Gasteiger partial charge in [-0.2, -0.15) is 0 Å². The van der Waals surface area contributed by atoms with Crippen molar-refractivity contribution >= 4 is 5.97 Å². The molecule has 0 saturated carbocycles. The van der Waals surface area contributed by atoms with Crippen LogP contribution in [-0.4, -0.2) is 89.6 Å². The highest BCUT2D eigenvalue weighted by Crippen LogP contribution is 2.22. The lowest BCUT2D eigenvalue weighted by molar-refractivity contribution is -0.305. The molecule has 208 valence electrons. The molecule has 0 aromatic carbocycles. The van der Waals surface area contributed by atoms with Gasteiger partial charge in [0.15, 0.2) is 6.29 Å². The number of carbonyl (C=O) groups excluding carboxylic acids is 1. The van der Waals surface area contributed by atoms with E-state index >= 15 is 0 Å². The number of esters is 1. The summed E-state index contributed by atoms with van der Waals surface area (Å²) in [6.07, 6.45) is 6.12. The van der Waals surface area contributed by atoms with Gasteiger partial charge >= 0.3 is 5.97 Å². The average molecular weight is 507 g/mol. The van der Waals surface area contributed by atoms with Crippen molar-refractivity contribution in [1.29, 1.82) is 0 Å². The molecule has 0 aliphatic carbocycles. The quantitative estimate of drug-likeness (QED) is 0.137. The fourth-order valence-corrected chi connectivity index (χ4v) is 4.02. The van der Waals surface area contributed by atoms with Crippen LogP contribution in [0.2, 0.25) is 0 Å². The van der Waals surface area contributed by atoms with Crippen molar-refractivity contribution < 1.29 is 44.2 Å². The summed E-state index contributed by atoms with van der Waals surface area (Å²) in [4.78, 5) is 12.3. The Labute approximate surface area is 211 Å². The van der Waals surface area contributed by atoms with Crippen molar-refractivity contribution in [2.45, 2.75) is 134 Å². The number of aliphatic hydroxyl groups excluding tert-OH is 4. The normalized spacial score (nSPS) is 25.5. The molecule has 1 fully saturated rings. The second-order valence-corrected chi connectivity index (χ2v) is 9.50. The van der Waals surface area contributed by atoms with Crippen LogP contribution < -0.4 is 0 Å². The lowest BCUT2D eigenvalue weighted by Crippen LogP contribution is -2.59. The third-order valence-electron chi connectivity index (χ3n) is 6.27. The van der Waals surface area contributed by atoms with Crippen LogP contribution in [-0.2, 0) is 23.7 Å². The van der Waals surface area contributed by atoms with Gasteiger partial charge in [0.05, 0.1) is 19.8 Å². The number of hydrogen-bond donors (Lipinski definition) is 4. The summed E-state index contributed by atoms with van der Waals surface area (Å²) >= 11 is 0. The van der Waals surface area contributed by atoms with Crippen LogP contribution in [0.1, 0.15) is 97.3 Å². The van der Waals surface area contributed by atoms with Gasteiger partial charge in [-0.15, -0.1) is 0 Å². The first-order chi connectivity index (χ1) is 16.9. The lowest BCUT2D eigenvalue weighted by atomic mass is 9.99. The van der Waals surface area contributed by atoms with E-state index in [0.717, 1.165) is 44.9 Å². The van der Waals surface area contributed by atoms with Crippen molar-refractivity contribution in [2.75, 3.05) is 26.4 Å². The topological polar surface area (TPSA) is 135 Å². The molecule has 0 spiro atoms. The Kier molecular flexibility index (Phi) is 18.7. The Morgan fingerprint density at radius 3 is 2.03 bits per heavy atom. The van der Waals surface area contributed by atoms with Crippen LogP contribution in [0.15, 0.2) is 0 Å². The maximum Gasteiger partial charge on any atom is 0.306 e. The molecule has 1 rings (SSSR count). The van der Waals surface area contributed by atoms with Crippen molar-refractivity contribution in [3.63, 3.8) is 0 Å². The van der Waals surface area contributed by atoms with Crippen LogP contribution >= 0.6 is 0 Å². The third kappa shape index (κ3) is 13.9. The predicted octanol–water partition coefficient (Wildman–Crippen LogP) is 2.84. The van der Waals surface area contributed by atoms with Gasteiger partial charge in [0.1, 0.15) is 30.5 Å². The van der Waals surface area contributed by atoms with E-state index in [9.17, 15) is 25.2 Å². The fraction of sp³-hybridized carbons (Fsp3) is 0.962. The van der Waals surface area contributed by atoms with Gasteiger partial charge in [0, 0.05) is 13.0 Å². The first-order valence-electron chi connectivity index (χ1n) is 13.6. The van der Waals surface area contributed by atoms with Gasteiger partial charge in [-0.3, -0.25) is 4.79 Å². The van der Waals surface area contributed by atoms with Crippen molar-refractivity contribution in [3.05, 3.63) is 0 Å². The summed E-state index contributed by atoms with van der Waals surface area (Å²) < 4.78 is 22.3. The molecule has 1 aliphatic rings. The third-order valence-corrected chi connectivity index (χ3v) is 6.27. The summed E-state index contributed by atoms with van der Waals surface area (Å²) in [5, 5.41) is 39.4. The molecular formula is C26H50O9. The Morgan fingerprint density at radius 1 is 0.800 bits per heavy atom. The second-order valence-electron chi connectivity index (χ2n) is 9.50. The van der Waals surface area contributed by atoms with E-state index in [2.05, 4.69) is 13.8 Å². The van der Waals surface area contributed by atoms with Crippen LogP contribution in [0.3, 0.4) is 0 Å². The van der Waals surface area contributed by atoms with Gasteiger partial charge in [-0.25, -0.2) is 0 Å². The van der Waals surface area contributed by atoms with Crippen LogP contribution in [0.25, 0.3) is 0 Å². The summed E-state index contributed by atoms with van der Waals surface area (Å²) in [7, 11) is 0. The molecule has 0 radical (unpaired) electrons. The van der Waals surface area contributed by atoms with Gasteiger partial charge in [-0.1, -0.05) is 78.1 Å². The van der Waals surface area contributed by atoms with Crippen LogP contribution in [0.4, 0.5) is 0 Å². The summed E-state index contributed by atoms with van der Waals surface area (Å²) in [6.45, 7) is 4.39. The molecule has 9 nitrogen and oxygen atoms in total. The zero-order valence-electron chi connectivity index (χ0n) is 21.8. The molecule has 6 unspecified atom stereocenters. The number of aliphatic hydroxyl groups is 4. The minimum absolute atomic E-state index is 0.110. The molecule has 9 heteroatoms. The molecule has 4 N–H and O–H groups in total. The maximum absolute atomic E-state index is 12.3. The Bertz CT molecular complexity index is 517. The Hall–Kier alpha value is -0.810. The minimum Gasteiger partial charge on any atom is -0.457 e. The van der Waals surface area contributed by atoms with Gasteiger partial charge in [0.2, 0.25) is 0 Å². The molecule has 0 bridgehead atoms. The monoisotopic (exact) mass is 506 g/mol. The van der Waals surface area contributed by atoms with Crippen LogP contribution in [0, 0.1) is 0 Å². The number of carbonyl (C=O) groups is 1. The van der Waals surface area contributed by atoms with Crippen LogP contribution in [0.5, 0.6) is 0 Å². The van der Waals surface area contributed by atoms with Crippen molar-refractivity contribution in [1.82, 2.24) is 0 Å². The van der Waals surface area contributed by atoms with Gasteiger partial charge in [0.25, 0.3) is 0 Å². The largest absolute Gasteiger partial charge is 0.457 e. The van der Waals surface area contributed by atoms with Crippen molar-refractivity contribution in [3.8, 4) is 0 Å². The van der Waals surface area contributed by atoms with E-state index in [-0.39, 0.29) is 19.2 Å². The lowest BCUT2D eigenvalue weighted by Gasteiger charge is -2.39. The van der Waals surface area contributed by atoms with E-state index in [1.165, 1.54) is 32.1 Å². The van der Waals surface area contributed by atoms with Gasteiger partial charge < -0.3 is 39.4 Å². The Balaban J connectivity index is 2.47. The van der Waals surface area contributed by atoms with E-state index in [0.29, 0.717) is 13.0 Å². The standard InChI is InChI=1S/C26H50O9/c1-3-5-7-9-10-12-14-16-32-18-20(34-22(28)15-13-11-8-6-4-2)19-33-26-25(31)24(30)23(29)21(17-27)35-26/h20-21,23-27,29-31H,3-19H2,1-2H3. The Morgan fingerprint density at radius 2 is 1.40 bits per heavy atom. The maximum atomic E-state index is 12.3. The highest BCUT2D eigenvalue weighted by Gasteiger charge is 2.44. The molecule has 0 aromatic heterocycles. The van der Waals surface area contributed by atoms with E-state index < -0.39 is 43.4 Å². The first kappa shape index (κ1) is 32.2. The summed E-state index contributed by atoms with van der Waals surface area (Å²) in [5.41, 5.74) is 0. The highest BCUT2D eigenvalue weighted by atomic mass is 16.7. The van der Waals surface area contributed by atoms with E-state index in [1.54, 1.807) is 0 Å². The number of rotatable bonds is 21. The summed E-state index contributed by atoms with van der Waals surface area (Å²) in [5.74, 6) is -0.330. The number of ether oxygens (including phenoxy) is 4. The fourth-order valence-electron chi connectivity index (χ4n) is 4.02. The predicted molar refractivity (Wildman–Crippen MR) is 132 cm³/mol. The molecule has 0 aromatic rings. The second kappa shape index (κ2) is 20.3. The number of hydrogen-bond acceptors (Lipinski definition) is 9. The smallest absolute Gasteiger partial charge is 0.306 e. The molecule has 1 saturated heterocycles. The average Bonchev–Trinajstić information content (AvgIpc) is 2.85.